The molecule has 0 aliphatic carbocycles. The van der Waals surface area contributed by atoms with Gasteiger partial charge in [0.1, 0.15) is 17.5 Å². The van der Waals surface area contributed by atoms with Gasteiger partial charge in [-0.05, 0) is 99.0 Å². The predicted molar refractivity (Wildman–Crippen MR) is 204 cm³/mol. The molecule has 7 rings (SSSR count). The van der Waals surface area contributed by atoms with E-state index in [1.54, 1.807) is 37.8 Å². The second-order valence-corrected chi connectivity index (χ2v) is 15.4. The number of likely N-dealkylation sites (tertiary alicyclic amines) is 3. The molecular formula is C39H44Cl2N8O5. The van der Waals surface area contributed by atoms with Crippen molar-refractivity contribution in [3.63, 3.8) is 0 Å². The number of benzene rings is 2. The van der Waals surface area contributed by atoms with Crippen LogP contribution in [0.3, 0.4) is 0 Å². The van der Waals surface area contributed by atoms with Gasteiger partial charge >= 0.3 is 12.0 Å². The van der Waals surface area contributed by atoms with Gasteiger partial charge in [-0.3, -0.25) is 9.78 Å². The van der Waals surface area contributed by atoms with Gasteiger partial charge in [-0.25, -0.2) is 9.59 Å². The van der Waals surface area contributed by atoms with Gasteiger partial charge in [-0.15, -0.1) is 0 Å². The van der Waals surface area contributed by atoms with Crippen LogP contribution in [0.15, 0.2) is 67.1 Å². The number of methoxy groups -OCH3 is 1. The summed E-state index contributed by atoms with van der Waals surface area (Å²) >= 11 is 13.0. The molecule has 3 aliphatic heterocycles. The number of nitrogens with zero attached hydrogens (tertiary/aromatic N) is 6. The molecule has 5 heterocycles. The molecule has 2 atom stereocenters. The number of urea groups is 1. The molecule has 13 nitrogen and oxygen atoms in total. The number of rotatable bonds is 10. The highest BCUT2D eigenvalue weighted by Crippen LogP contribution is 2.42. The van der Waals surface area contributed by atoms with Crippen molar-refractivity contribution in [2.24, 2.45) is 0 Å². The standard InChI is InChI=1S/C39H44Cl2N8O5/c1-54-34-10-7-26(32-24-43-46-45-32)21-29(34)35(50)48-20-12-38(25-48,27-8-9-30(40)31(41)22-27)11-17-47-18-13-39(14-19-47,28-5-4-15-42-23-28)44-37(53)49-16-3-2-6-33(49)36(51)52/h4-5,7-10,15,21-24,33H,2-3,6,11-14,16-20,25H2,1H3,(H,44,53)(H,51,52)(H,43,45,46). The highest BCUT2D eigenvalue weighted by Gasteiger charge is 2.44. The van der Waals surface area contributed by atoms with Gasteiger partial charge in [0.25, 0.3) is 5.91 Å². The lowest BCUT2D eigenvalue weighted by atomic mass is 9.76. The Bertz CT molecular complexity index is 1970. The van der Waals surface area contributed by atoms with Crippen molar-refractivity contribution in [2.75, 3.05) is 46.4 Å². The molecule has 284 valence electrons. The summed E-state index contributed by atoms with van der Waals surface area (Å²) in [7, 11) is 1.55. The van der Waals surface area contributed by atoms with Gasteiger partial charge in [-0.2, -0.15) is 15.4 Å². The van der Waals surface area contributed by atoms with Crippen molar-refractivity contribution < 1.29 is 24.2 Å². The van der Waals surface area contributed by atoms with Crippen LogP contribution in [0.25, 0.3) is 11.3 Å². The summed E-state index contributed by atoms with van der Waals surface area (Å²) in [6.07, 6.45) is 9.85. The van der Waals surface area contributed by atoms with E-state index in [9.17, 15) is 19.5 Å². The van der Waals surface area contributed by atoms with E-state index in [-0.39, 0.29) is 11.9 Å². The summed E-state index contributed by atoms with van der Waals surface area (Å²) in [5.41, 5.74) is 2.67. The Balaban J connectivity index is 1.09. The fourth-order valence-electron chi connectivity index (χ4n) is 8.37. The first-order valence-corrected chi connectivity index (χ1v) is 19.1. The zero-order chi connectivity index (χ0) is 37.9. The first-order chi connectivity index (χ1) is 26.1. The van der Waals surface area contributed by atoms with Crippen LogP contribution in [0.5, 0.6) is 5.75 Å². The molecule has 3 aliphatic rings. The maximum atomic E-state index is 14.2. The Kier molecular flexibility index (Phi) is 11.1. The van der Waals surface area contributed by atoms with Crippen molar-refractivity contribution in [2.45, 2.75) is 61.9 Å². The number of ether oxygens (including phenoxy) is 1. The van der Waals surface area contributed by atoms with Crippen LogP contribution < -0.4 is 10.1 Å². The normalized spacial score (nSPS) is 21.5. The molecular weight excluding hydrogens is 731 g/mol. The minimum Gasteiger partial charge on any atom is -0.496 e. The number of H-pyrrole nitrogens is 1. The van der Waals surface area contributed by atoms with Crippen LogP contribution in [0.4, 0.5) is 4.79 Å². The molecule has 3 N–H and O–H groups in total. The minimum atomic E-state index is -0.975. The van der Waals surface area contributed by atoms with E-state index in [0.717, 1.165) is 48.9 Å². The Morgan fingerprint density at radius 2 is 1.81 bits per heavy atom. The number of aromatic amines is 1. The molecule has 3 amide bonds. The number of carbonyl (C=O) groups is 3. The summed E-state index contributed by atoms with van der Waals surface area (Å²) in [5, 5.41) is 24.8. The van der Waals surface area contributed by atoms with Crippen molar-refractivity contribution in [1.82, 2.24) is 40.4 Å². The van der Waals surface area contributed by atoms with Gasteiger partial charge in [0, 0.05) is 56.1 Å². The minimum absolute atomic E-state index is 0.132. The van der Waals surface area contributed by atoms with Crippen LogP contribution >= 0.6 is 23.2 Å². The van der Waals surface area contributed by atoms with Gasteiger partial charge in [0.05, 0.1) is 34.5 Å². The number of carbonyl (C=O) groups excluding carboxylic acids is 2. The van der Waals surface area contributed by atoms with Gasteiger partial charge in [-0.1, -0.05) is 35.3 Å². The van der Waals surface area contributed by atoms with E-state index in [2.05, 4.69) is 30.6 Å². The Labute approximate surface area is 324 Å². The van der Waals surface area contributed by atoms with Gasteiger partial charge in [0.2, 0.25) is 0 Å². The summed E-state index contributed by atoms with van der Waals surface area (Å²) in [5.74, 6) is -0.624. The average Bonchev–Trinajstić information content (AvgIpc) is 3.91. The van der Waals surface area contributed by atoms with Crippen molar-refractivity contribution in [3.05, 3.63) is 93.9 Å². The highest BCUT2D eigenvalue weighted by atomic mass is 35.5. The van der Waals surface area contributed by atoms with Crippen molar-refractivity contribution in [3.8, 4) is 17.0 Å². The average molecular weight is 776 g/mol. The van der Waals surface area contributed by atoms with Gasteiger partial charge in [0.15, 0.2) is 0 Å². The molecule has 4 aromatic rings. The number of aliphatic carboxylic acids is 1. The van der Waals surface area contributed by atoms with Crippen LogP contribution in [0, 0.1) is 0 Å². The molecule has 0 saturated carbocycles. The predicted octanol–water partition coefficient (Wildman–Crippen LogP) is 6.00. The molecule has 0 spiro atoms. The number of nitrogens with one attached hydrogen (secondary N) is 2. The number of piperidine rings is 2. The van der Waals surface area contributed by atoms with Crippen LogP contribution in [-0.2, 0) is 15.7 Å². The zero-order valence-corrected chi connectivity index (χ0v) is 31.7. The molecule has 0 radical (unpaired) electrons. The Morgan fingerprint density at radius 3 is 2.52 bits per heavy atom. The van der Waals surface area contributed by atoms with E-state index in [1.165, 1.54) is 4.90 Å². The quantitative estimate of drug-likeness (QED) is 0.176. The lowest BCUT2D eigenvalue weighted by Crippen LogP contribution is -2.59. The lowest BCUT2D eigenvalue weighted by molar-refractivity contribution is -0.143. The third-order valence-electron chi connectivity index (χ3n) is 11.5. The highest BCUT2D eigenvalue weighted by molar-refractivity contribution is 6.42. The number of amides is 3. The molecule has 2 aromatic heterocycles. The van der Waals surface area contributed by atoms with Crippen molar-refractivity contribution >= 4 is 41.1 Å². The van der Waals surface area contributed by atoms with Crippen molar-refractivity contribution in [1.29, 1.82) is 0 Å². The second-order valence-electron chi connectivity index (χ2n) is 14.5. The first-order valence-electron chi connectivity index (χ1n) is 18.3. The molecule has 15 heteroatoms. The molecule has 2 aromatic carbocycles. The third kappa shape index (κ3) is 7.62. The molecule has 54 heavy (non-hydrogen) atoms. The van der Waals surface area contributed by atoms with E-state index in [4.69, 9.17) is 27.9 Å². The number of pyridine rings is 1. The van der Waals surface area contributed by atoms with Crippen LogP contribution in [0.1, 0.15) is 66.4 Å². The number of halogens is 2. The molecule has 3 saturated heterocycles. The number of carboxylic acids is 1. The van der Waals surface area contributed by atoms with E-state index in [1.807, 2.05) is 41.3 Å². The molecule has 3 fully saturated rings. The maximum absolute atomic E-state index is 14.2. The van der Waals surface area contributed by atoms with Crippen LogP contribution in [0.2, 0.25) is 10.0 Å². The lowest BCUT2D eigenvalue weighted by Gasteiger charge is -2.45. The first kappa shape index (κ1) is 37.6. The number of aromatic nitrogens is 4. The third-order valence-corrected chi connectivity index (χ3v) is 12.3. The summed E-state index contributed by atoms with van der Waals surface area (Å²) in [6.45, 7) is 3.57. The number of hydrogen-bond donors (Lipinski definition) is 3. The Morgan fingerprint density at radius 1 is 0.981 bits per heavy atom. The Hall–Kier alpha value is -4.72. The zero-order valence-electron chi connectivity index (χ0n) is 30.1. The summed E-state index contributed by atoms with van der Waals surface area (Å²) in [6, 6.07) is 13.8. The van der Waals surface area contributed by atoms with E-state index < -0.39 is 23.0 Å². The SMILES string of the molecule is COc1ccc(-c2cn[nH]n2)cc1C(=O)N1CCC(CCN2CCC(NC(=O)N3CCCCC3C(=O)O)(c3cccnc3)CC2)(c2ccc(Cl)c(Cl)c2)C1. The summed E-state index contributed by atoms with van der Waals surface area (Å²) < 4.78 is 5.62. The summed E-state index contributed by atoms with van der Waals surface area (Å²) in [4.78, 5) is 50.1. The largest absolute Gasteiger partial charge is 0.496 e. The van der Waals surface area contributed by atoms with Gasteiger partial charge < -0.3 is 29.9 Å². The molecule has 2 unspecified atom stereocenters. The molecule has 0 bridgehead atoms. The number of carboxylic acid groups (broad SMARTS) is 1. The topological polar surface area (TPSA) is 157 Å². The fraction of sp³-hybridized carbons (Fsp3) is 0.436. The van der Waals surface area contributed by atoms with Crippen LogP contribution in [-0.4, -0.2) is 111 Å². The second kappa shape index (κ2) is 15.9. The fourth-order valence-corrected chi connectivity index (χ4v) is 8.67. The number of hydrogen-bond acceptors (Lipinski definition) is 8. The van der Waals surface area contributed by atoms with E-state index in [0.29, 0.717) is 79.0 Å². The maximum Gasteiger partial charge on any atom is 0.326 e. The van der Waals surface area contributed by atoms with E-state index >= 15 is 0 Å². The monoisotopic (exact) mass is 774 g/mol. The smallest absolute Gasteiger partial charge is 0.326 e.